The van der Waals surface area contributed by atoms with E-state index in [1.807, 2.05) is 0 Å². The van der Waals surface area contributed by atoms with Crippen molar-refractivity contribution in [1.82, 2.24) is 9.97 Å². The van der Waals surface area contributed by atoms with Crippen LogP contribution >= 0.6 is 0 Å². The van der Waals surface area contributed by atoms with Crippen molar-refractivity contribution in [2.75, 3.05) is 0 Å². The first-order chi connectivity index (χ1) is 6.54. The summed E-state index contributed by atoms with van der Waals surface area (Å²) in [7, 11) is 0. The Hall–Kier alpha value is -1.39. The van der Waals surface area contributed by atoms with Crippen LogP contribution in [0.25, 0.3) is 0 Å². The number of aliphatic carboxylic acids is 1. The van der Waals surface area contributed by atoms with Crippen LogP contribution in [0.3, 0.4) is 0 Å². The fraction of sp³-hybridized carbons (Fsp3) is 0.556. The molecule has 2 N–H and O–H groups in total. The average molecular weight is 200 g/mol. The number of aromatic nitrogens is 2. The van der Waals surface area contributed by atoms with Crippen molar-refractivity contribution in [2.45, 2.75) is 26.9 Å². The van der Waals surface area contributed by atoms with Crippen LogP contribution in [0.15, 0.2) is 0 Å². The number of hydrogen-bond acceptors (Lipinski definition) is 2. The first-order valence-corrected chi connectivity index (χ1v) is 4.37. The summed E-state index contributed by atoms with van der Waals surface area (Å²) in [6.07, 6.45) is 0.302. The van der Waals surface area contributed by atoms with Gasteiger partial charge in [-0.2, -0.15) is 0 Å². The first-order valence-electron chi connectivity index (χ1n) is 4.37. The average Bonchev–Trinajstić information content (AvgIpc) is 2.45. The summed E-state index contributed by atoms with van der Waals surface area (Å²) < 4.78 is 12.3. The molecule has 0 saturated carbocycles. The van der Waals surface area contributed by atoms with Gasteiger partial charge in [0.05, 0.1) is 11.6 Å². The van der Waals surface area contributed by atoms with Gasteiger partial charge < -0.3 is 10.1 Å². The van der Waals surface area contributed by atoms with Gasteiger partial charge in [-0.3, -0.25) is 4.79 Å². The van der Waals surface area contributed by atoms with Gasteiger partial charge in [0, 0.05) is 12.1 Å². The van der Waals surface area contributed by atoms with Gasteiger partial charge in [-0.05, 0) is 6.92 Å². The van der Waals surface area contributed by atoms with E-state index in [9.17, 15) is 9.18 Å². The lowest BCUT2D eigenvalue weighted by Crippen LogP contribution is -2.13. The molecule has 0 spiro atoms. The minimum atomic E-state index is -0.874. The lowest BCUT2D eigenvalue weighted by atomic mass is 10.1. The number of carbonyl (C=O) groups is 1. The van der Waals surface area contributed by atoms with Crippen LogP contribution in [0.2, 0.25) is 0 Å². The molecular formula is C9H13FN2O2. The second kappa shape index (κ2) is 4.21. The second-order valence-corrected chi connectivity index (χ2v) is 3.33. The molecule has 0 saturated heterocycles. The van der Waals surface area contributed by atoms with Crippen LogP contribution in [-0.4, -0.2) is 21.0 Å². The van der Waals surface area contributed by atoms with E-state index in [1.165, 1.54) is 0 Å². The fourth-order valence-corrected chi connectivity index (χ4v) is 1.17. The third-order valence-corrected chi connectivity index (χ3v) is 2.08. The number of rotatable bonds is 4. The highest BCUT2D eigenvalue weighted by Gasteiger charge is 2.14. The Bertz CT molecular complexity index is 336. The summed E-state index contributed by atoms with van der Waals surface area (Å²) in [4.78, 5) is 17.4. The van der Waals surface area contributed by atoms with E-state index in [4.69, 9.17) is 5.11 Å². The van der Waals surface area contributed by atoms with Crippen LogP contribution in [0.1, 0.15) is 24.1 Å². The molecule has 0 aliphatic rings. The van der Waals surface area contributed by atoms with Crippen molar-refractivity contribution in [2.24, 2.45) is 5.92 Å². The van der Waals surface area contributed by atoms with E-state index >= 15 is 0 Å². The number of halogens is 1. The van der Waals surface area contributed by atoms with E-state index < -0.39 is 18.6 Å². The zero-order valence-corrected chi connectivity index (χ0v) is 8.17. The molecule has 1 aromatic heterocycles. The number of H-pyrrole nitrogens is 1. The molecule has 4 nitrogen and oxygen atoms in total. The standard InChI is InChI=1S/C9H13FN2O2/c1-5(9(13)14)3-8-11-6(2)7(4-10)12-8/h5H,3-4H2,1-2H3,(H,11,12)(H,13,14). The molecule has 0 bridgehead atoms. The van der Waals surface area contributed by atoms with E-state index in [1.54, 1.807) is 13.8 Å². The lowest BCUT2D eigenvalue weighted by Gasteiger charge is -2.01. The van der Waals surface area contributed by atoms with Crippen LogP contribution in [0.4, 0.5) is 4.39 Å². The third-order valence-electron chi connectivity index (χ3n) is 2.08. The lowest BCUT2D eigenvalue weighted by molar-refractivity contribution is -0.141. The van der Waals surface area contributed by atoms with E-state index in [0.717, 1.165) is 0 Å². The number of nitrogens with one attached hydrogen (secondary N) is 1. The molecule has 0 fully saturated rings. The Morgan fingerprint density at radius 1 is 1.71 bits per heavy atom. The molecule has 1 aromatic rings. The topological polar surface area (TPSA) is 66.0 Å². The summed E-state index contributed by atoms with van der Waals surface area (Å²) >= 11 is 0. The maximum atomic E-state index is 12.3. The molecule has 14 heavy (non-hydrogen) atoms. The zero-order valence-electron chi connectivity index (χ0n) is 8.17. The van der Waals surface area contributed by atoms with Gasteiger partial charge in [-0.1, -0.05) is 6.92 Å². The Kier molecular flexibility index (Phi) is 3.22. The van der Waals surface area contributed by atoms with Crippen molar-refractivity contribution in [3.05, 3.63) is 17.2 Å². The predicted molar refractivity (Wildman–Crippen MR) is 48.6 cm³/mol. The number of carboxylic acid groups (broad SMARTS) is 1. The number of aryl methyl sites for hydroxylation is 1. The van der Waals surface area contributed by atoms with Crippen molar-refractivity contribution in [3.8, 4) is 0 Å². The number of hydrogen-bond donors (Lipinski definition) is 2. The minimum Gasteiger partial charge on any atom is -0.481 e. The molecule has 1 atom stereocenters. The highest BCUT2D eigenvalue weighted by molar-refractivity contribution is 5.69. The first kappa shape index (κ1) is 10.7. The van der Waals surface area contributed by atoms with Crippen molar-refractivity contribution in [1.29, 1.82) is 0 Å². The highest BCUT2D eigenvalue weighted by Crippen LogP contribution is 2.10. The summed E-state index contributed by atoms with van der Waals surface area (Å²) in [5.74, 6) is -0.848. The fourth-order valence-electron chi connectivity index (χ4n) is 1.17. The summed E-state index contributed by atoms with van der Waals surface area (Å²) in [5.41, 5.74) is 1.03. The molecule has 0 aliphatic heterocycles. The third kappa shape index (κ3) is 2.31. The van der Waals surface area contributed by atoms with Gasteiger partial charge in [0.15, 0.2) is 0 Å². The smallest absolute Gasteiger partial charge is 0.306 e. The number of carboxylic acids is 1. The summed E-state index contributed by atoms with van der Waals surface area (Å²) in [6.45, 7) is 2.69. The number of alkyl halides is 1. The molecule has 1 rings (SSSR count). The van der Waals surface area contributed by atoms with E-state index in [-0.39, 0.29) is 0 Å². The van der Waals surface area contributed by atoms with Crippen LogP contribution < -0.4 is 0 Å². The maximum absolute atomic E-state index is 12.3. The van der Waals surface area contributed by atoms with Crippen LogP contribution in [0, 0.1) is 12.8 Å². The maximum Gasteiger partial charge on any atom is 0.306 e. The van der Waals surface area contributed by atoms with E-state index in [2.05, 4.69) is 9.97 Å². The Labute approximate surface area is 81.2 Å². The Morgan fingerprint density at radius 2 is 2.36 bits per heavy atom. The molecule has 0 aliphatic carbocycles. The normalized spacial score (nSPS) is 12.8. The second-order valence-electron chi connectivity index (χ2n) is 3.33. The molecule has 5 heteroatoms. The molecule has 1 unspecified atom stereocenters. The molecule has 78 valence electrons. The molecule has 0 radical (unpaired) electrons. The minimum absolute atomic E-state index is 0.302. The van der Waals surface area contributed by atoms with Crippen molar-refractivity contribution >= 4 is 5.97 Å². The number of nitrogens with zero attached hydrogens (tertiary/aromatic N) is 1. The van der Waals surface area contributed by atoms with Gasteiger partial charge >= 0.3 is 5.97 Å². The zero-order chi connectivity index (χ0) is 10.7. The summed E-state index contributed by atoms with van der Waals surface area (Å²) in [5, 5.41) is 8.66. The SMILES string of the molecule is Cc1[nH]c(CC(C)C(=O)O)nc1CF. The largest absolute Gasteiger partial charge is 0.481 e. The van der Waals surface area contributed by atoms with Gasteiger partial charge in [-0.15, -0.1) is 0 Å². The van der Waals surface area contributed by atoms with Gasteiger partial charge in [0.1, 0.15) is 12.5 Å². The Balaban J connectivity index is 2.72. The van der Waals surface area contributed by atoms with E-state index in [0.29, 0.717) is 23.6 Å². The predicted octanol–water partition coefficient (Wildman–Crippen LogP) is 1.45. The molecular weight excluding hydrogens is 187 g/mol. The molecule has 0 aromatic carbocycles. The molecule has 0 amide bonds. The quantitative estimate of drug-likeness (QED) is 0.773. The number of aromatic amines is 1. The monoisotopic (exact) mass is 200 g/mol. The summed E-state index contributed by atoms with van der Waals surface area (Å²) in [6, 6.07) is 0. The highest BCUT2D eigenvalue weighted by atomic mass is 19.1. The molecule has 1 heterocycles. The van der Waals surface area contributed by atoms with Gasteiger partial charge in [-0.25, -0.2) is 9.37 Å². The van der Waals surface area contributed by atoms with Gasteiger partial charge in [0.25, 0.3) is 0 Å². The van der Waals surface area contributed by atoms with Gasteiger partial charge in [0.2, 0.25) is 0 Å². The van der Waals surface area contributed by atoms with Crippen LogP contribution in [0.5, 0.6) is 0 Å². The number of imidazole rings is 1. The van der Waals surface area contributed by atoms with Crippen molar-refractivity contribution < 1.29 is 14.3 Å². The van der Waals surface area contributed by atoms with Crippen LogP contribution in [-0.2, 0) is 17.9 Å². The van der Waals surface area contributed by atoms with Crippen molar-refractivity contribution in [3.63, 3.8) is 0 Å². The Morgan fingerprint density at radius 3 is 2.79 bits per heavy atom.